The van der Waals surface area contributed by atoms with E-state index in [0.29, 0.717) is 19.5 Å². The van der Waals surface area contributed by atoms with Gasteiger partial charge in [0.1, 0.15) is 17.8 Å². The number of phenolic OH excluding ortho intramolecular Hbond substituents is 1. The highest BCUT2D eigenvalue weighted by molar-refractivity contribution is 6.05. The fourth-order valence-corrected chi connectivity index (χ4v) is 4.68. The molecule has 2 aliphatic rings. The predicted octanol–water partition coefficient (Wildman–Crippen LogP) is 2.71. The number of aromatic amines is 1. The first-order valence-electron chi connectivity index (χ1n) is 10.1. The molecule has 154 valence electrons. The molecule has 2 aliphatic heterocycles. The van der Waals surface area contributed by atoms with Crippen molar-refractivity contribution in [1.82, 2.24) is 19.7 Å². The molecule has 2 atom stereocenters. The van der Waals surface area contributed by atoms with Crippen LogP contribution in [0.1, 0.15) is 22.9 Å². The average molecular weight is 404 g/mol. The van der Waals surface area contributed by atoms with Crippen molar-refractivity contribution >= 4 is 22.8 Å². The number of nitrogens with zero attached hydrogens (tertiary/aromatic N) is 3. The Kier molecular flexibility index (Phi) is 4.29. The highest BCUT2D eigenvalue weighted by Crippen LogP contribution is 2.44. The third-order valence-electron chi connectivity index (χ3n) is 6.09. The molecule has 0 bridgehead atoms. The van der Waals surface area contributed by atoms with Crippen LogP contribution < -0.4 is 0 Å². The zero-order valence-corrected chi connectivity index (χ0v) is 17.0. The summed E-state index contributed by atoms with van der Waals surface area (Å²) in [5, 5.41) is 11.2. The maximum Gasteiger partial charge on any atom is 0.328 e. The van der Waals surface area contributed by atoms with Crippen molar-refractivity contribution < 1.29 is 14.7 Å². The van der Waals surface area contributed by atoms with Gasteiger partial charge in [0.15, 0.2) is 0 Å². The lowest BCUT2D eigenvalue weighted by Gasteiger charge is -2.36. The molecule has 3 heterocycles. The van der Waals surface area contributed by atoms with E-state index in [-0.39, 0.29) is 17.7 Å². The van der Waals surface area contributed by atoms with Crippen molar-refractivity contribution in [3.8, 4) is 5.75 Å². The molecule has 0 radical (unpaired) electrons. The molecular formula is C23H24N4O3. The van der Waals surface area contributed by atoms with Gasteiger partial charge < -0.3 is 15.0 Å². The van der Waals surface area contributed by atoms with Crippen molar-refractivity contribution in [2.45, 2.75) is 18.5 Å². The lowest BCUT2D eigenvalue weighted by Crippen LogP contribution is -2.44. The van der Waals surface area contributed by atoms with Crippen molar-refractivity contribution in [2.75, 3.05) is 27.2 Å². The van der Waals surface area contributed by atoms with Crippen molar-refractivity contribution in [3.63, 3.8) is 0 Å². The third kappa shape index (κ3) is 2.77. The van der Waals surface area contributed by atoms with Crippen LogP contribution in [0.25, 0.3) is 10.9 Å². The number of imide groups is 1. The number of carbonyl (C=O) groups is 2. The molecule has 1 fully saturated rings. The summed E-state index contributed by atoms with van der Waals surface area (Å²) in [4.78, 5) is 35.1. The number of para-hydroxylation sites is 1. The van der Waals surface area contributed by atoms with Crippen LogP contribution in [0.5, 0.6) is 5.75 Å². The zero-order chi connectivity index (χ0) is 21.0. The van der Waals surface area contributed by atoms with Gasteiger partial charge in [-0.2, -0.15) is 0 Å². The number of hydrogen-bond acceptors (Lipinski definition) is 4. The van der Waals surface area contributed by atoms with E-state index < -0.39 is 12.1 Å². The Morgan fingerprint density at radius 2 is 1.93 bits per heavy atom. The summed E-state index contributed by atoms with van der Waals surface area (Å²) < 4.78 is 0. The number of urea groups is 1. The normalized spacial score (nSPS) is 20.9. The molecule has 3 aromatic rings. The van der Waals surface area contributed by atoms with Crippen molar-refractivity contribution in [2.24, 2.45) is 0 Å². The number of rotatable bonds is 4. The van der Waals surface area contributed by atoms with Crippen LogP contribution in [-0.4, -0.2) is 70.0 Å². The van der Waals surface area contributed by atoms with Gasteiger partial charge in [-0.3, -0.25) is 14.6 Å². The summed E-state index contributed by atoms with van der Waals surface area (Å²) in [7, 11) is 3.84. The Morgan fingerprint density at radius 1 is 1.13 bits per heavy atom. The van der Waals surface area contributed by atoms with E-state index in [1.807, 2.05) is 49.3 Å². The summed E-state index contributed by atoms with van der Waals surface area (Å²) in [6.45, 7) is 0.974. The van der Waals surface area contributed by atoms with E-state index >= 15 is 0 Å². The molecule has 0 spiro atoms. The van der Waals surface area contributed by atoms with E-state index in [1.54, 1.807) is 23.1 Å². The molecule has 30 heavy (non-hydrogen) atoms. The fraction of sp³-hybridized carbons (Fsp3) is 0.304. The number of phenols is 1. The molecule has 5 rings (SSSR count). The Morgan fingerprint density at radius 3 is 2.70 bits per heavy atom. The zero-order valence-electron chi connectivity index (χ0n) is 17.0. The summed E-state index contributed by atoms with van der Waals surface area (Å²) >= 11 is 0. The third-order valence-corrected chi connectivity index (χ3v) is 6.09. The summed E-state index contributed by atoms with van der Waals surface area (Å²) in [5.74, 6) is -0.0161. The predicted molar refractivity (Wildman–Crippen MR) is 113 cm³/mol. The number of aromatic hydroxyl groups is 1. The molecule has 3 amide bonds. The minimum atomic E-state index is -0.543. The number of H-pyrrole nitrogens is 1. The second kappa shape index (κ2) is 6.88. The molecule has 1 aromatic heterocycles. The number of benzene rings is 2. The number of hydrogen-bond donors (Lipinski definition) is 2. The minimum absolute atomic E-state index is 0.134. The Bertz CT molecular complexity index is 1150. The van der Waals surface area contributed by atoms with Gasteiger partial charge in [0, 0.05) is 36.1 Å². The lowest BCUT2D eigenvalue weighted by molar-refractivity contribution is -0.128. The van der Waals surface area contributed by atoms with Gasteiger partial charge in [0.2, 0.25) is 0 Å². The van der Waals surface area contributed by atoms with E-state index in [0.717, 1.165) is 27.7 Å². The lowest BCUT2D eigenvalue weighted by atomic mass is 9.89. The largest absolute Gasteiger partial charge is 0.508 e. The first kappa shape index (κ1) is 18.7. The number of fused-ring (bicyclic) bond motifs is 4. The SMILES string of the molecule is CN(C)CCN1C(=O)C2Cc3c([nH]c4ccccc34)C(c3cccc(O)c3)N2C1=O. The van der Waals surface area contributed by atoms with E-state index in [4.69, 9.17) is 0 Å². The smallest absolute Gasteiger partial charge is 0.328 e. The first-order chi connectivity index (χ1) is 14.5. The molecule has 0 saturated carbocycles. The van der Waals surface area contributed by atoms with E-state index in [1.165, 1.54) is 4.90 Å². The highest BCUT2D eigenvalue weighted by atomic mass is 16.3. The van der Waals surface area contributed by atoms with Crippen LogP contribution >= 0.6 is 0 Å². The molecule has 0 aliphatic carbocycles. The fourth-order valence-electron chi connectivity index (χ4n) is 4.68. The van der Waals surface area contributed by atoms with Crippen LogP contribution in [-0.2, 0) is 11.2 Å². The average Bonchev–Trinajstić information content (AvgIpc) is 3.20. The van der Waals surface area contributed by atoms with Crippen LogP contribution in [0.4, 0.5) is 4.79 Å². The monoisotopic (exact) mass is 404 g/mol. The molecule has 1 saturated heterocycles. The summed E-state index contributed by atoms with van der Waals surface area (Å²) in [6.07, 6.45) is 0.484. The highest BCUT2D eigenvalue weighted by Gasteiger charge is 2.52. The maximum atomic E-state index is 13.4. The first-order valence-corrected chi connectivity index (χ1v) is 10.1. The number of nitrogens with one attached hydrogen (secondary N) is 1. The molecule has 7 heteroatoms. The Labute approximate surface area is 174 Å². The number of likely N-dealkylation sites (N-methyl/N-ethyl adjacent to an activating group) is 1. The second-order valence-electron chi connectivity index (χ2n) is 8.26. The van der Waals surface area contributed by atoms with Gasteiger partial charge in [-0.15, -0.1) is 0 Å². The second-order valence-corrected chi connectivity index (χ2v) is 8.26. The Hall–Kier alpha value is -3.32. The van der Waals surface area contributed by atoms with Crippen molar-refractivity contribution in [1.29, 1.82) is 0 Å². The molecule has 2 unspecified atom stereocenters. The van der Waals surface area contributed by atoms with Crippen molar-refractivity contribution in [3.05, 3.63) is 65.4 Å². The molecule has 7 nitrogen and oxygen atoms in total. The van der Waals surface area contributed by atoms with Gasteiger partial charge in [-0.05, 0) is 43.4 Å². The van der Waals surface area contributed by atoms with Crippen LogP contribution in [0, 0.1) is 0 Å². The molecule has 2 aromatic carbocycles. The minimum Gasteiger partial charge on any atom is -0.508 e. The quantitative estimate of drug-likeness (QED) is 0.656. The van der Waals surface area contributed by atoms with Gasteiger partial charge in [-0.1, -0.05) is 30.3 Å². The Balaban J connectivity index is 1.66. The topological polar surface area (TPSA) is 79.9 Å². The van der Waals surface area contributed by atoms with Crippen LogP contribution in [0.15, 0.2) is 48.5 Å². The van der Waals surface area contributed by atoms with E-state index in [2.05, 4.69) is 4.98 Å². The van der Waals surface area contributed by atoms with Crippen LogP contribution in [0.2, 0.25) is 0 Å². The van der Waals surface area contributed by atoms with Gasteiger partial charge >= 0.3 is 6.03 Å². The summed E-state index contributed by atoms with van der Waals surface area (Å²) in [5.41, 5.74) is 3.74. The molecular weight excluding hydrogens is 380 g/mol. The summed E-state index contributed by atoms with van der Waals surface area (Å²) in [6, 6.07) is 13.7. The number of aromatic nitrogens is 1. The van der Waals surface area contributed by atoms with Gasteiger partial charge in [0.25, 0.3) is 5.91 Å². The number of amides is 3. The standard InChI is InChI=1S/C23H24N4O3/c1-25(2)10-11-26-22(29)19-13-17-16-8-3-4-9-18(16)24-20(17)21(27(19)23(26)30)14-6-5-7-15(28)12-14/h3-9,12,19,21,24,28H,10-11,13H2,1-2H3. The molecule has 2 N–H and O–H groups in total. The van der Waals surface area contributed by atoms with Crippen LogP contribution in [0.3, 0.4) is 0 Å². The van der Waals surface area contributed by atoms with E-state index in [9.17, 15) is 14.7 Å². The maximum absolute atomic E-state index is 13.4. The number of carbonyl (C=O) groups excluding carboxylic acids is 2. The van der Waals surface area contributed by atoms with Gasteiger partial charge in [-0.25, -0.2) is 4.79 Å². The van der Waals surface area contributed by atoms with Gasteiger partial charge in [0.05, 0.1) is 0 Å².